The van der Waals surface area contributed by atoms with Gasteiger partial charge in [0.2, 0.25) is 5.91 Å². The normalized spacial score (nSPS) is 11.9. The zero-order chi connectivity index (χ0) is 16.7. The number of hydrogen-bond acceptors (Lipinski definition) is 5. The molecule has 122 valence electrons. The molecule has 23 heavy (non-hydrogen) atoms. The minimum absolute atomic E-state index is 0.137. The molecule has 2 rings (SSSR count). The molecule has 1 heterocycles. The maximum absolute atomic E-state index is 12.1. The number of amides is 1. The first kappa shape index (κ1) is 17.5. The minimum atomic E-state index is -0.941. The third kappa shape index (κ3) is 5.69. The van der Waals surface area contributed by atoms with Gasteiger partial charge >= 0.3 is 5.97 Å². The van der Waals surface area contributed by atoms with Crippen LogP contribution < -0.4 is 5.32 Å². The van der Waals surface area contributed by atoms with Gasteiger partial charge in [0, 0.05) is 29.3 Å². The van der Waals surface area contributed by atoms with E-state index in [4.69, 9.17) is 5.11 Å². The number of carbonyl (C=O) groups is 2. The molecular formula is C16H18N2O3S2. The lowest BCUT2D eigenvalue weighted by Crippen LogP contribution is -2.30. The van der Waals surface area contributed by atoms with E-state index < -0.39 is 12.0 Å². The quantitative estimate of drug-likeness (QED) is 0.715. The fourth-order valence-electron chi connectivity index (χ4n) is 2.13. The lowest BCUT2D eigenvalue weighted by atomic mass is 10.0. The Morgan fingerprint density at radius 3 is 2.65 bits per heavy atom. The Morgan fingerprint density at radius 2 is 2.09 bits per heavy atom. The van der Waals surface area contributed by atoms with Gasteiger partial charge in [-0.1, -0.05) is 12.1 Å². The van der Waals surface area contributed by atoms with E-state index in [0.29, 0.717) is 12.8 Å². The van der Waals surface area contributed by atoms with E-state index in [1.165, 1.54) is 11.3 Å². The standard InChI is InChI=1S/C16H18N2O3S2/c1-22-12-4-2-11(3-5-12)13(10-16(20)21)18-14(19)6-7-15-17-8-9-23-15/h2-5,8-9,13H,6-7,10H2,1H3,(H,18,19)(H,20,21). The van der Waals surface area contributed by atoms with Gasteiger partial charge < -0.3 is 10.4 Å². The van der Waals surface area contributed by atoms with Crippen molar-refractivity contribution in [2.24, 2.45) is 0 Å². The molecule has 7 heteroatoms. The molecule has 2 N–H and O–H groups in total. The third-order valence-corrected chi connectivity index (χ3v) is 4.86. The molecule has 0 aliphatic carbocycles. The summed E-state index contributed by atoms with van der Waals surface area (Å²) in [7, 11) is 0. The number of aryl methyl sites for hydroxylation is 1. The molecule has 1 amide bonds. The molecule has 0 saturated heterocycles. The van der Waals surface area contributed by atoms with Gasteiger partial charge in [0.15, 0.2) is 0 Å². The molecular weight excluding hydrogens is 332 g/mol. The van der Waals surface area contributed by atoms with Crippen molar-refractivity contribution < 1.29 is 14.7 Å². The molecule has 1 unspecified atom stereocenters. The number of carbonyl (C=O) groups excluding carboxylic acids is 1. The molecule has 2 aromatic rings. The molecule has 0 saturated carbocycles. The Morgan fingerprint density at radius 1 is 1.35 bits per heavy atom. The van der Waals surface area contributed by atoms with Crippen molar-refractivity contribution in [2.45, 2.75) is 30.2 Å². The van der Waals surface area contributed by atoms with Crippen molar-refractivity contribution in [2.75, 3.05) is 6.26 Å². The summed E-state index contributed by atoms with van der Waals surface area (Å²) in [6, 6.07) is 7.06. The van der Waals surface area contributed by atoms with Crippen LogP contribution in [0.1, 0.15) is 29.5 Å². The van der Waals surface area contributed by atoms with Crippen LogP contribution in [0.25, 0.3) is 0 Å². The van der Waals surface area contributed by atoms with Gasteiger partial charge in [-0.3, -0.25) is 9.59 Å². The Hall–Kier alpha value is -1.86. The number of nitrogens with one attached hydrogen (secondary N) is 1. The van der Waals surface area contributed by atoms with Crippen LogP contribution in [0.5, 0.6) is 0 Å². The first-order chi connectivity index (χ1) is 11.1. The van der Waals surface area contributed by atoms with E-state index in [-0.39, 0.29) is 12.3 Å². The lowest BCUT2D eigenvalue weighted by Gasteiger charge is -2.17. The number of rotatable bonds is 8. The second kappa shape index (κ2) is 8.69. The van der Waals surface area contributed by atoms with Gasteiger partial charge in [0.25, 0.3) is 0 Å². The van der Waals surface area contributed by atoms with E-state index in [0.717, 1.165) is 15.5 Å². The van der Waals surface area contributed by atoms with Crippen LogP contribution in [0.4, 0.5) is 0 Å². The SMILES string of the molecule is CSc1ccc(C(CC(=O)O)NC(=O)CCc2nccs2)cc1. The number of nitrogens with zero attached hydrogens (tertiary/aromatic N) is 1. The summed E-state index contributed by atoms with van der Waals surface area (Å²) in [6.07, 6.45) is 4.41. The average molecular weight is 350 g/mol. The van der Waals surface area contributed by atoms with Gasteiger partial charge in [0.1, 0.15) is 0 Å². The van der Waals surface area contributed by atoms with E-state index in [9.17, 15) is 9.59 Å². The smallest absolute Gasteiger partial charge is 0.305 e. The lowest BCUT2D eigenvalue weighted by molar-refractivity contribution is -0.137. The summed E-state index contributed by atoms with van der Waals surface area (Å²) >= 11 is 3.12. The van der Waals surface area contributed by atoms with Crippen LogP contribution in [0.2, 0.25) is 0 Å². The van der Waals surface area contributed by atoms with Gasteiger partial charge in [-0.25, -0.2) is 4.98 Å². The number of carboxylic acid groups (broad SMARTS) is 1. The Labute approximate surface area is 143 Å². The van der Waals surface area contributed by atoms with Crippen LogP contribution in [-0.4, -0.2) is 28.2 Å². The Bertz CT molecular complexity index is 642. The Kier molecular flexibility index (Phi) is 6.61. The van der Waals surface area contributed by atoms with Crippen LogP contribution in [0.3, 0.4) is 0 Å². The van der Waals surface area contributed by atoms with Gasteiger partial charge in [0.05, 0.1) is 17.5 Å². The number of thioether (sulfide) groups is 1. The molecule has 0 aliphatic rings. The number of aliphatic carboxylic acids is 1. The first-order valence-electron chi connectivity index (χ1n) is 7.12. The molecule has 0 radical (unpaired) electrons. The van der Waals surface area contributed by atoms with Crippen molar-refractivity contribution in [3.8, 4) is 0 Å². The number of benzene rings is 1. The summed E-state index contributed by atoms with van der Waals surface area (Å²) in [5, 5.41) is 14.7. The number of aromatic nitrogens is 1. The second-order valence-corrected chi connectivity index (χ2v) is 6.78. The highest BCUT2D eigenvalue weighted by Crippen LogP contribution is 2.21. The van der Waals surface area contributed by atoms with Crippen LogP contribution in [0.15, 0.2) is 40.7 Å². The largest absolute Gasteiger partial charge is 0.481 e. The first-order valence-corrected chi connectivity index (χ1v) is 9.22. The summed E-state index contributed by atoms with van der Waals surface area (Å²) < 4.78 is 0. The highest BCUT2D eigenvalue weighted by molar-refractivity contribution is 7.98. The molecule has 1 atom stereocenters. The maximum Gasteiger partial charge on any atom is 0.305 e. The summed E-state index contributed by atoms with van der Waals surface area (Å²) in [5.74, 6) is -1.11. The van der Waals surface area contributed by atoms with Crippen molar-refractivity contribution in [3.05, 3.63) is 46.4 Å². The maximum atomic E-state index is 12.1. The summed E-state index contributed by atoms with van der Waals surface area (Å²) in [5.41, 5.74) is 0.799. The van der Waals surface area contributed by atoms with E-state index in [1.54, 1.807) is 18.0 Å². The highest BCUT2D eigenvalue weighted by Gasteiger charge is 2.18. The predicted molar refractivity (Wildman–Crippen MR) is 91.8 cm³/mol. The van der Waals surface area contributed by atoms with Crippen molar-refractivity contribution in [1.29, 1.82) is 0 Å². The molecule has 1 aromatic heterocycles. The predicted octanol–water partition coefficient (Wildman–Crippen LogP) is 3.13. The number of hydrogen-bond donors (Lipinski definition) is 2. The average Bonchev–Trinajstić information content (AvgIpc) is 3.05. The Balaban J connectivity index is 1.99. The fraction of sp³-hybridized carbons (Fsp3) is 0.312. The molecule has 1 aromatic carbocycles. The zero-order valence-corrected chi connectivity index (χ0v) is 14.3. The highest BCUT2D eigenvalue weighted by atomic mass is 32.2. The van der Waals surface area contributed by atoms with E-state index in [2.05, 4.69) is 10.3 Å². The summed E-state index contributed by atoms with van der Waals surface area (Å²) in [4.78, 5) is 28.4. The van der Waals surface area contributed by atoms with Crippen LogP contribution in [0, 0.1) is 0 Å². The minimum Gasteiger partial charge on any atom is -0.481 e. The van der Waals surface area contributed by atoms with Crippen LogP contribution >= 0.6 is 23.1 Å². The van der Waals surface area contributed by atoms with Crippen molar-refractivity contribution in [3.63, 3.8) is 0 Å². The third-order valence-electron chi connectivity index (χ3n) is 3.28. The number of carboxylic acids is 1. The molecule has 0 fully saturated rings. The van der Waals surface area contributed by atoms with E-state index in [1.807, 2.05) is 35.9 Å². The topological polar surface area (TPSA) is 79.3 Å². The van der Waals surface area contributed by atoms with E-state index >= 15 is 0 Å². The monoisotopic (exact) mass is 350 g/mol. The molecule has 0 spiro atoms. The van der Waals surface area contributed by atoms with Crippen molar-refractivity contribution in [1.82, 2.24) is 10.3 Å². The van der Waals surface area contributed by atoms with Crippen molar-refractivity contribution >= 4 is 35.0 Å². The van der Waals surface area contributed by atoms with Crippen LogP contribution in [-0.2, 0) is 16.0 Å². The second-order valence-electron chi connectivity index (χ2n) is 4.92. The fourth-order valence-corrected chi connectivity index (χ4v) is 3.16. The molecule has 5 nitrogen and oxygen atoms in total. The van der Waals surface area contributed by atoms with Gasteiger partial charge in [-0.15, -0.1) is 23.1 Å². The van der Waals surface area contributed by atoms with Gasteiger partial charge in [-0.05, 0) is 24.0 Å². The number of thiazole rings is 1. The molecule has 0 bridgehead atoms. The summed E-state index contributed by atoms with van der Waals surface area (Å²) in [6.45, 7) is 0. The molecule has 0 aliphatic heterocycles. The van der Waals surface area contributed by atoms with Gasteiger partial charge in [-0.2, -0.15) is 0 Å². The zero-order valence-electron chi connectivity index (χ0n) is 12.7.